The number of hydrogen-bond donors (Lipinski definition) is 2. The molecule has 22 heavy (non-hydrogen) atoms. The highest BCUT2D eigenvalue weighted by Gasteiger charge is 2.25. The lowest BCUT2D eigenvalue weighted by Gasteiger charge is -2.23. The van der Waals surface area contributed by atoms with Crippen LogP contribution in [-0.2, 0) is 4.79 Å². The fraction of sp³-hybridized carbons (Fsp3) is 0.421. The van der Waals surface area contributed by atoms with E-state index in [1.54, 1.807) is 0 Å². The molecule has 1 fully saturated rings. The molecule has 2 N–H and O–H groups in total. The van der Waals surface area contributed by atoms with Crippen LogP contribution in [0.3, 0.4) is 0 Å². The highest BCUT2D eigenvalue weighted by atomic mass is 16.2. The zero-order chi connectivity index (χ0) is 15.4. The zero-order valence-electron chi connectivity index (χ0n) is 13.3. The Bertz CT molecular complexity index is 645. The van der Waals surface area contributed by atoms with Gasteiger partial charge in [0, 0.05) is 5.69 Å². The number of carbonyl (C=O) groups excluding carboxylic acids is 1. The Morgan fingerprint density at radius 2 is 1.68 bits per heavy atom. The Morgan fingerprint density at radius 1 is 1.00 bits per heavy atom. The summed E-state index contributed by atoms with van der Waals surface area (Å²) in [7, 11) is 0. The number of likely N-dealkylation sites (tertiary alicyclic amines) is 1. The van der Waals surface area contributed by atoms with Crippen molar-refractivity contribution in [3.8, 4) is 0 Å². The second-order valence-electron chi connectivity index (χ2n) is 6.35. The van der Waals surface area contributed by atoms with Crippen molar-refractivity contribution in [2.24, 2.45) is 0 Å². The Balaban J connectivity index is 1.68. The average Bonchev–Trinajstić information content (AvgIpc) is 2.83. The van der Waals surface area contributed by atoms with Gasteiger partial charge in [0.25, 0.3) is 5.91 Å². The van der Waals surface area contributed by atoms with E-state index in [9.17, 15) is 4.79 Å². The monoisotopic (exact) mass is 297 g/mol. The van der Waals surface area contributed by atoms with Crippen LogP contribution in [0, 0.1) is 0 Å². The van der Waals surface area contributed by atoms with E-state index in [1.807, 2.05) is 18.2 Å². The Labute approximate surface area is 132 Å². The number of nitrogens with one attached hydrogen (secondary N) is 2. The van der Waals surface area contributed by atoms with Gasteiger partial charge in [0.2, 0.25) is 0 Å². The first-order valence-electron chi connectivity index (χ1n) is 8.38. The van der Waals surface area contributed by atoms with Gasteiger partial charge in [-0.1, -0.05) is 30.3 Å². The molecule has 1 saturated heterocycles. The van der Waals surface area contributed by atoms with Gasteiger partial charge in [0.05, 0.1) is 13.1 Å². The van der Waals surface area contributed by atoms with Crippen molar-refractivity contribution in [1.29, 1.82) is 0 Å². The van der Waals surface area contributed by atoms with Crippen LogP contribution in [0.1, 0.15) is 32.6 Å². The molecule has 3 heteroatoms. The first-order chi connectivity index (χ1) is 10.7. The maximum atomic E-state index is 12.5. The van der Waals surface area contributed by atoms with Crippen molar-refractivity contribution in [2.45, 2.75) is 38.6 Å². The number of hydrogen-bond acceptors (Lipinski definition) is 1. The lowest BCUT2D eigenvalue weighted by Crippen LogP contribution is -3.16. The van der Waals surface area contributed by atoms with Crippen molar-refractivity contribution in [3.63, 3.8) is 0 Å². The minimum absolute atomic E-state index is 0.0181. The Kier molecular flexibility index (Phi) is 4.74. The van der Waals surface area contributed by atoms with Gasteiger partial charge in [-0.05, 0) is 55.5 Å². The fourth-order valence-electron chi connectivity index (χ4n) is 3.32. The summed E-state index contributed by atoms with van der Waals surface area (Å²) < 4.78 is 0. The predicted molar refractivity (Wildman–Crippen MR) is 91.2 cm³/mol. The van der Waals surface area contributed by atoms with Crippen LogP contribution >= 0.6 is 0 Å². The zero-order valence-corrected chi connectivity index (χ0v) is 13.3. The summed E-state index contributed by atoms with van der Waals surface area (Å²) in [5.74, 6) is 0.132. The molecule has 0 spiro atoms. The van der Waals surface area contributed by atoms with Crippen molar-refractivity contribution in [3.05, 3.63) is 42.5 Å². The molecule has 2 aromatic rings. The van der Waals surface area contributed by atoms with Crippen molar-refractivity contribution < 1.29 is 9.69 Å². The predicted octanol–water partition coefficient (Wildman–Crippen LogP) is 2.63. The quantitative estimate of drug-likeness (QED) is 0.897. The standard InChI is InChI=1S/C19H24N2O/c1-15(21-12-6-2-3-7-13-21)19(22)20-18-11-10-16-8-4-5-9-17(16)14-18/h4-5,8-11,14-15H,2-3,6-7,12-13H2,1H3,(H,20,22)/p+1/t15-/m0/s1. The van der Waals surface area contributed by atoms with Gasteiger partial charge in [-0.2, -0.15) is 0 Å². The molecule has 0 aliphatic carbocycles. The summed E-state index contributed by atoms with van der Waals surface area (Å²) in [6.07, 6.45) is 5.09. The molecule has 0 saturated carbocycles. The molecular formula is C19H25N2O+. The van der Waals surface area contributed by atoms with Gasteiger partial charge in [-0.15, -0.1) is 0 Å². The maximum Gasteiger partial charge on any atom is 0.282 e. The minimum atomic E-state index is 0.0181. The number of quaternary nitrogens is 1. The number of fused-ring (bicyclic) bond motifs is 1. The molecule has 1 aliphatic heterocycles. The second-order valence-corrected chi connectivity index (χ2v) is 6.35. The van der Waals surface area contributed by atoms with Crippen LogP contribution < -0.4 is 10.2 Å². The number of benzene rings is 2. The average molecular weight is 297 g/mol. The van der Waals surface area contributed by atoms with E-state index >= 15 is 0 Å². The molecule has 2 aromatic carbocycles. The molecule has 3 rings (SSSR count). The summed E-state index contributed by atoms with van der Waals surface area (Å²) in [4.78, 5) is 14.0. The maximum absolute atomic E-state index is 12.5. The first kappa shape index (κ1) is 15.0. The normalized spacial score (nSPS) is 17.9. The third-order valence-corrected chi connectivity index (χ3v) is 4.77. The molecule has 1 heterocycles. The molecule has 116 valence electrons. The van der Waals surface area contributed by atoms with Gasteiger partial charge in [-0.25, -0.2) is 0 Å². The summed E-state index contributed by atoms with van der Waals surface area (Å²) in [5, 5.41) is 5.45. The highest BCUT2D eigenvalue weighted by molar-refractivity contribution is 5.96. The molecule has 3 nitrogen and oxygen atoms in total. The molecule has 0 radical (unpaired) electrons. The molecule has 0 aromatic heterocycles. The van der Waals surface area contributed by atoms with E-state index in [1.165, 1.54) is 36.0 Å². The molecule has 0 unspecified atom stereocenters. The van der Waals surface area contributed by atoms with Gasteiger partial charge in [0.1, 0.15) is 0 Å². The third kappa shape index (κ3) is 3.47. The molecular weight excluding hydrogens is 272 g/mol. The van der Waals surface area contributed by atoms with E-state index in [-0.39, 0.29) is 11.9 Å². The second kappa shape index (κ2) is 6.93. The van der Waals surface area contributed by atoms with Gasteiger partial charge >= 0.3 is 0 Å². The van der Waals surface area contributed by atoms with Gasteiger partial charge in [0.15, 0.2) is 6.04 Å². The van der Waals surface area contributed by atoms with E-state index < -0.39 is 0 Å². The Morgan fingerprint density at radius 3 is 2.41 bits per heavy atom. The number of rotatable bonds is 3. The summed E-state index contributed by atoms with van der Waals surface area (Å²) in [5.41, 5.74) is 0.893. The molecule has 1 atom stereocenters. The lowest BCUT2D eigenvalue weighted by molar-refractivity contribution is -0.913. The topological polar surface area (TPSA) is 33.5 Å². The lowest BCUT2D eigenvalue weighted by atomic mass is 10.1. The summed E-state index contributed by atoms with van der Waals surface area (Å²) >= 11 is 0. The largest absolute Gasteiger partial charge is 0.325 e. The SMILES string of the molecule is C[C@@H](C(=O)Nc1ccc2ccccc2c1)[NH+]1CCCCCC1. The number of carbonyl (C=O) groups is 1. The van der Waals surface area contributed by atoms with Gasteiger partial charge < -0.3 is 10.2 Å². The summed E-state index contributed by atoms with van der Waals surface area (Å²) in [6, 6.07) is 14.4. The number of amides is 1. The highest BCUT2D eigenvalue weighted by Crippen LogP contribution is 2.18. The fourth-order valence-corrected chi connectivity index (χ4v) is 3.32. The van der Waals surface area contributed by atoms with Crippen LogP contribution in [0.4, 0.5) is 5.69 Å². The molecule has 1 aliphatic rings. The van der Waals surface area contributed by atoms with E-state index in [0.29, 0.717) is 0 Å². The molecule has 0 bridgehead atoms. The van der Waals surface area contributed by atoms with Crippen molar-refractivity contribution in [2.75, 3.05) is 18.4 Å². The van der Waals surface area contributed by atoms with E-state index in [2.05, 4.69) is 36.5 Å². The minimum Gasteiger partial charge on any atom is -0.325 e. The van der Waals surface area contributed by atoms with E-state index in [4.69, 9.17) is 0 Å². The van der Waals surface area contributed by atoms with Crippen molar-refractivity contribution in [1.82, 2.24) is 0 Å². The Hall–Kier alpha value is -1.87. The van der Waals surface area contributed by atoms with Crippen LogP contribution in [0.5, 0.6) is 0 Å². The van der Waals surface area contributed by atoms with Crippen molar-refractivity contribution >= 4 is 22.4 Å². The summed E-state index contributed by atoms with van der Waals surface area (Å²) in [6.45, 7) is 4.29. The smallest absolute Gasteiger partial charge is 0.282 e. The van der Waals surface area contributed by atoms with Crippen LogP contribution in [0.25, 0.3) is 10.8 Å². The van der Waals surface area contributed by atoms with E-state index in [0.717, 1.165) is 24.2 Å². The molecule has 1 amide bonds. The van der Waals surface area contributed by atoms with Crippen LogP contribution in [0.2, 0.25) is 0 Å². The van der Waals surface area contributed by atoms with Gasteiger partial charge in [-0.3, -0.25) is 4.79 Å². The first-order valence-corrected chi connectivity index (χ1v) is 8.38. The van der Waals surface area contributed by atoms with Crippen LogP contribution in [0.15, 0.2) is 42.5 Å². The third-order valence-electron chi connectivity index (χ3n) is 4.77. The van der Waals surface area contributed by atoms with Crippen LogP contribution in [-0.4, -0.2) is 25.0 Å². The number of anilines is 1.